The summed E-state index contributed by atoms with van der Waals surface area (Å²) in [6, 6.07) is 0. The minimum atomic E-state index is 0. The highest BCUT2D eigenvalue weighted by atomic mass is 35.5. The van der Waals surface area contributed by atoms with E-state index in [2.05, 4.69) is 0 Å². The number of allylic oxidation sites excluding steroid dienone is 1. The summed E-state index contributed by atoms with van der Waals surface area (Å²) in [4.78, 5) is 1.79. The molecular weight excluding hydrogens is 126 g/mol. The van der Waals surface area contributed by atoms with Gasteiger partial charge in [-0.2, -0.15) is 0 Å². The van der Waals surface area contributed by atoms with E-state index in [0.717, 1.165) is 0 Å². The van der Waals surface area contributed by atoms with E-state index in [1.54, 1.807) is 18.0 Å². The zero-order chi connectivity index (χ0) is 5.86. The molecule has 0 bridgehead atoms. The monoisotopic (exact) mass is 137 g/mol. The van der Waals surface area contributed by atoms with Gasteiger partial charge >= 0.3 is 0 Å². The molecule has 1 N–H and O–H groups in total. The lowest BCUT2D eigenvalue weighted by atomic mass is 10.6. The van der Waals surface area contributed by atoms with Gasteiger partial charge in [0.2, 0.25) is 0 Å². The van der Waals surface area contributed by atoms with Gasteiger partial charge in [-0.1, -0.05) is 0 Å². The van der Waals surface area contributed by atoms with Crippen molar-refractivity contribution in [2.45, 2.75) is 6.92 Å². The van der Waals surface area contributed by atoms with Crippen molar-refractivity contribution in [2.24, 2.45) is 0 Å². The van der Waals surface area contributed by atoms with E-state index in [4.69, 9.17) is 5.11 Å². The Kier molecular flexibility index (Phi) is 6.32. The van der Waals surface area contributed by atoms with E-state index in [1.165, 1.54) is 0 Å². The molecule has 0 saturated carbocycles. The fourth-order valence-electron chi connectivity index (χ4n) is 0.374. The van der Waals surface area contributed by atoms with Crippen LogP contribution < -0.4 is 0 Å². The first-order valence-corrected chi connectivity index (χ1v) is 2.16. The number of aliphatic hydroxyl groups excluding tert-OH is 1. The lowest BCUT2D eigenvalue weighted by Crippen LogP contribution is -2.01. The average Bonchev–Trinajstić information content (AvgIpc) is 1.27. The van der Waals surface area contributed by atoms with Gasteiger partial charge in [0.15, 0.2) is 0 Å². The summed E-state index contributed by atoms with van der Waals surface area (Å²) >= 11 is 0. The van der Waals surface area contributed by atoms with E-state index >= 15 is 0 Å². The smallest absolute Gasteiger partial charge is 0.105 e. The summed E-state index contributed by atoms with van der Waals surface area (Å²) in [6.07, 6.45) is 1.64. The van der Waals surface area contributed by atoms with Crippen molar-refractivity contribution in [3.8, 4) is 0 Å². The molecule has 0 radical (unpaired) electrons. The Labute approximate surface area is 56.2 Å². The van der Waals surface area contributed by atoms with Gasteiger partial charge in [-0.15, -0.1) is 12.4 Å². The van der Waals surface area contributed by atoms with Crippen LogP contribution in [0.5, 0.6) is 0 Å². The van der Waals surface area contributed by atoms with Gasteiger partial charge in [0.1, 0.15) is 5.76 Å². The lowest BCUT2D eigenvalue weighted by Gasteiger charge is -2.02. The van der Waals surface area contributed by atoms with Gasteiger partial charge in [0, 0.05) is 20.3 Å². The van der Waals surface area contributed by atoms with Crippen LogP contribution in [0, 0.1) is 0 Å². The predicted octanol–water partition coefficient (Wildman–Crippen LogP) is 1.39. The van der Waals surface area contributed by atoms with Gasteiger partial charge in [0.05, 0.1) is 0 Å². The van der Waals surface area contributed by atoms with E-state index in [0.29, 0.717) is 5.76 Å². The number of nitrogens with zero attached hydrogens (tertiary/aromatic N) is 1. The molecule has 0 aromatic heterocycles. The second-order valence-corrected chi connectivity index (χ2v) is 1.73. The minimum absolute atomic E-state index is 0. The van der Waals surface area contributed by atoms with Gasteiger partial charge in [-0.25, -0.2) is 0 Å². The minimum Gasteiger partial charge on any atom is -0.511 e. The van der Waals surface area contributed by atoms with Crippen LogP contribution >= 0.6 is 12.4 Å². The first kappa shape index (κ1) is 10.6. The zero-order valence-corrected chi connectivity index (χ0v) is 6.20. The fourth-order valence-corrected chi connectivity index (χ4v) is 0.374. The largest absolute Gasteiger partial charge is 0.511 e. The highest BCUT2D eigenvalue weighted by Gasteiger charge is 1.77. The summed E-state index contributed by atoms with van der Waals surface area (Å²) in [5.74, 6) is 0.338. The van der Waals surface area contributed by atoms with Crippen molar-refractivity contribution >= 4 is 12.4 Å². The molecule has 0 amide bonds. The van der Waals surface area contributed by atoms with E-state index in [-0.39, 0.29) is 12.4 Å². The third kappa shape index (κ3) is 9.16. The van der Waals surface area contributed by atoms with Crippen LogP contribution in [-0.4, -0.2) is 24.1 Å². The predicted molar refractivity (Wildman–Crippen MR) is 37.3 cm³/mol. The number of hydrogen-bond acceptors (Lipinski definition) is 2. The first-order valence-electron chi connectivity index (χ1n) is 2.16. The molecule has 0 aromatic carbocycles. The standard InChI is InChI=1S/C5H11NO.ClH/c1-5(7)4-6(2)3;/h4,7H,1-3H3;1H. The second kappa shape index (κ2) is 4.78. The number of hydrogen-bond donors (Lipinski definition) is 1. The van der Waals surface area contributed by atoms with Crippen molar-refractivity contribution in [2.75, 3.05) is 14.1 Å². The first-order chi connectivity index (χ1) is 3.13. The van der Waals surface area contributed by atoms with E-state index in [9.17, 15) is 0 Å². The highest BCUT2D eigenvalue weighted by Crippen LogP contribution is 1.83. The molecule has 0 fully saturated rings. The fraction of sp³-hybridized carbons (Fsp3) is 0.600. The summed E-state index contributed by atoms with van der Waals surface area (Å²) in [5, 5.41) is 8.54. The summed E-state index contributed by atoms with van der Waals surface area (Å²) in [5.41, 5.74) is 0. The molecule has 0 aliphatic rings. The Balaban J connectivity index is 0. The molecule has 0 spiro atoms. The van der Waals surface area contributed by atoms with E-state index < -0.39 is 0 Å². The maximum atomic E-state index is 8.54. The molecule has 2 nitrogen and oxygen atoms in total. The van der Waals surface area contributed by atoms with Gasteiger partial charge in [-0.3, -0.25) is 0 Å². The second-order valence-electron chi connectivity index (χ2n) is 1.73. The molecule has 50 valence electrons. The third-order valence-corrected chi connectivity index (χ3v) is 0.445. The molecule has 0 heterocycles. The molecule has 0 unspecified atom stereocenters. The van der Waals surface area contributed by atoms with Crippen molar-refractivity contribution in [1.82, 2.24) is 4.90 Å². The molecule has 0 aromatic rings. The Morgan fingerprint density at radius 1 is 1.50 bits per heavy atom. The van der Waals surface area contributed by atoms with Crippen molar-refractivity contribution in [3.63, 3.8) is 0 Å². The quantitative estimate of drug-likeness (QED) is 0.553. The topological polar surface area (TPSA) is 23.5 Å². The van der Waals surface area contributed by atoms with Gasteiger partial charge < -0.3 is 10.0 Å². The summed E-state index contributed by atoms with van der Waals surface area (Å²) in [6.45, 7) is 1.64. The molecule has 0 aliphatic carbocycles. The van der Waals surface area contributed by atoms with Crippen LogP contribution in [0.1, 0.15) is 6.92 Å². The van der Waals surface area contributed by atoms with Crippen LogP contribution in [0.25, 0.3) is 0 Å². The number of rotatable bonds is 1. The van der Waals surface area contributed by atoms with Crippen molar-refractivity contribution in [3.05, 3.63) is 12.0 Å². The van der Waals surface area contributed by atoms with Crippen LogP contribution in [-0.2, 0) is 0 Å². The van der Waals surface area contributed by atoms with Crippen molar-refractivity contribution in [1.29, 1.82) is 0 Å². The Bertz CT molecular complexity index is 76.5. The Hall–Kier alpha value is -0.370. The SMILES string of the molecule is CC(O)=CN(C)C.Cl. The van der Waals surface area contributed by atoms with Gasteiger partial charge in [0.25, 0.3) is 0 Å². The zero-order valence-electron chi connectivity index (χ0n) is 5.38. The van der Waals surface area contributed by atoms with Crippen LogP contribution in [0.2, 0.25) is 0 Å². The van der Waals surface area contributed by atoms with Crippen LogP contribution in [0.3, 0.4) is 0 Å². The van der Waals surface area contributed by atoms with Crippen LogP contribution in [0.4, 0.5) is 0 Å². The summed E-state index contributed by atoms with van der Waals surface area (Å²) < 4.78 is 0. The molecule has 0 aliphatic heterocycles. The lowest BCUT2D eigenvalue weighted by molar-refractivity contribution is 0.391. The third-order valence-electron chi connectivity index (χ3n) is 0.445. The number of halogens is 1. The molecule has 0 rings (SSSR count). The maximum Gasteiger partial charge on any atom is 0.105 e. The molecular formula is C5H12ClNO. The highest BCUT2D eigenvalue weighted by molar-refractivity contribution is 5.85. The van der Waals surface area contributed by atoms with Crippen LogP contribution in [0.15, 0.2) is 12.0 Å². The molecule has 3 heteroatoms. The molecule has 0 saturated heterocycles. The van der Waals surface area contributed by atoms with E-state index in [1.807, 2.05) is 14.1 Å². The molecule has 8 heavy (non-hydrogen) atoms. The Morgan fingerprint density at radius 2 is 1.88 bits per heavy atom. The normalized spacial score (nSPS) is 10.1. The Morgan fingerprint density at radius 3 is 1.88 bits per heavy atom. The van der Waals surface area contributed by atoms with Crippen molar-refractivity contribution < 1.29 is 5.11 Å². The van der Waals surface area contributed by atoms with Gasteiger partial charge in [-0.05, 0) is 6.92 Å². The number of aliphatic hydroxyl groups is 1. The summed E-state index contributed by atoms with van der Waals surface area (Å²) in [7, 11) is 3.72. The average molecular weight is 138 g/mol. The molecule has 0 atom stereocenters. The maximum absolute atomic E-state index is 8.54.